The Morgan fingerprint density at radius 1 is 0.608 bits per heavy atom. The Hall–Kier alpha value is -8.08. The van der Waals surface area contributed by atoms with Gasteiger partial charge in [0, 0.05) is 24.9 Å². The number of aliphatic hydroxyl groups is 3. The number of primary amides is 1. The summed E-state index contributed by atoms with van der Waals surface area (Å²) in [5.74, 6) is -15.2. The molecule has 0 saturated heterocycles. The number of aromatic nitrogens is 2. The molecule has 34 nitrogen and oxygen atoms in total. The lowest BCUT2D eigenvalue weighted by atomic mass is 9.98. The largest absolute Gasteiger partial charge is 0.481 e. The first-order valence-corrected chi connectivity index (χ1v) is 24.9. The molecule has 25 N–H and O–H groups in total. The minimum Gasteiger partial charge on any atom is -0.481 e. The predicted octanol–water partition coefficient (Wildman–Crippen LogP) is -9.31. The number of carboxylic acids is 2. The van der Waals surface area contributed by atoms with Crippen molar-refractivity contribution in [3.8, 4) is 0 Å². The molecule has 1 aromatic rings. The Balaban J connectivity index is 3.31. The molecule has 1 heterocycles. The second kappa shape index (κ2) is 35.4. The highest BCUT2D eigenvalue weighted by Gasteiger charge is 2.37. The molecule has 0 unspecified atom stereocenters. The van der Waals surface area contributed by atoms with E-state index < -0.39 is 170 Å². The summed E-state index contributed by atoms with van der Waals surface area (Å²) in [4.78, 5) is 167. The van der Waals surface area contributed by atoms with Crippen LogP contribution in [0.2, 0.25) is 0 Å². The van der Waals surface area contributed by atoms with Gasteiger partial charge in [-0.05, 0) is 52.0 Å². The lowest BCUT2D eigenvalue weighted by molar-refractivity contribution is -0.145. The number of guanidine groups is 1. The van der Waals surface area contributed by atoms with Crippen LogP contribution in [0.25, 0.3) is 0 Å². The van der Waals surface area contributed by atoms with Crippen molar-refractivity contribution in [2.24, 2.45) is 39.6 Å². The van der Waals surface area contributed by atoms with E-state index in [4.69, 9.17) is 28.7 Å². The average molecular weight is 1130 g/mol. The Labute approximate surface area is 453 Å². The van der Waals surface area contributed by atoms with E-state index in [1.165, 1.54) is 19.4 Å². The monoisotopic (exact) mass is 1130 g/mol. The van der Waals surface area contributed by atoms with Gasteiger partial charge in [-0.1, -0.05) is 26.7 Å². The maximum Gasteiger partial charge on any atom is 0.326 e. The first kappa shape index (κ1) is 68.9. The molecule has 34 heteroatoms. The molecule has 0 aromatic carbocycles. The van der Waals surface area contributed by atoms with Crippen molar-refractivity contribution in [1.82, 2.24) is 57.8 Å². The van der Waals surface area contributed by atoms with Crippen molar-refractivity contribution in [3.63, 3.8) is 0 Å². The fourth-order valence-corrected chi connectivity index (χ4v) is 7.05. The van der Waals surface area contributed by atoms with Crippen molar-refractivity contribution < 1.29 is 83.1 Å². The number of nitrogens with zero attached hydrogens (tertiary/aromatic N) is 2. The molecule has 1 rings (SSSR count). The van der Waals surface area contributed by atoms with Crippen LogP contribution in [0, 0.1) is 5.92 Å². The Bertz CT molecular complexity index is 2270. The highest BCUT2D eigenvalue weighted by atomic mass is 16.4. The van der Waals surface area contributed by atoms with Gasteiger partial charge in [-0.15, -0.1) is 0 Å². The fraction of sp³-hybridized carbons (Fsp3) is 0.644. The molecule has 0 bridgehead atoms. The lowest BCUT2D eigenvalue weighted by Gasteiger charge is -2.27. The van der Waals surface area contributed by atoms with E-state index in [-0.39, 0.29) is 43.9 Å². The van der Waals surface area contributed by atoms with E-state index in [0.717, 1.165) is 13.8 Å². The summed E-state index contributed by atoms with van der Waals surface area (Å²) < 4.78 is 0. The van der Waals surface area contributed by atoms with Crippen LogP contribution in [0.5, 0.6) is 0 Å². The maximum absolute atomic E-state index is 14.0. The normalized spacial score (nSPS) is 15.6. The Morgan fingerprint density at radius 3 is 1.62 bits per heavy atom. The number of rotatable bonds is 38. The van der Waals surface area contributed by atoms with Crippen LogP contribution < -0.4 is 76.5 Å². The van der Waals surface area contributed by atoms with Gasteiger partial charge in [0.05, 0.1) is 44.5 Å². The quantitative estimate of drug-likeness (QED) is 0.0166. The van der Waals surface area contributed by atoms with Crippen LogP contribution in [-0.2, 0) is 64.0 Å². The minimum atomic E-state index is -1.89. The average Bonchev–Trinajstić information content (AvgIpc) is 3.90. The van der Waals surface area contributed by atoms with Gasteiger partial charge in [0.2, 0.25) is 59.1 Å². The van der Waals surface area contributed by atoms with Crippen LogP contribution in [0.1, 0.15) is 84.8 Å². The third-order valence-electron chi connectivity index (χ3n) is 11.8. The van der Waals surface area contributed by atoms with Crippen LogP contribution in [-0.4, -0.2) is 205 Å². The number of H-pyrrole nitrogens is 1. The summed E-state index contributed by atoms with van der Waals surface area (Å²) in [6, 6.07) is -16.6. The van der Waals surface area contributed by atoms with Crippen LogP contribution in [0.4, 0.5) is 0 Å². The van der Waals surface area contributed by atoms with Crippen molar-refractivity contribution >= 4 is 77.0 Å². The molecule has 0 spiro atoms. The van der Waals surface area contributed by atoms with Gasteiger partial charge in [0.15, 0.2) is 5.96 Å². The van der Waals surface area contributed by atoms with Gasteiger partial charge in [0.1, 0.15) is 54.4 Å². The summed E-state index contributed by atoms with van der Waals surface area (Å²) in [5.41, 5.74) is 27.7. The molecule has 0 aliphatic rings. The second-order valence-electron chi connectivity index (χ2n) is 18.3. The zero-order valence-electron chi connectivity index (χ0n) is 44.2. The van der Waals surface area contributed by atoms with Gasteiger partial charge in [-0.2, -0.15) is 0 Å². The number of aliphatic carboxylic acids is 2. The third kappa shape index (κ3) is 25.3. The van der Waals surface area contributed by atoms with Gasteiger partial charge in [-0.3, -0.25) is 57.7 Å². The number of imidazole rings is 1. The van der Waals surface area contributed by atoms with Crippen molar-refractivity contribution in [2.45, 2.75) is 152 Å². The summed E-state index contributed by atoms with van der Waals surface area (Å²) >= 11 is 0. The van der Waals surface area contributed by atoms with Gasteiger partial charge in [-0.25, -0.2) is 9.78 Å². The number of aliphatic imine (C=N–C) groups is 1. The number of carbonyl (C=O) groups is 12. The molecule has 0 aliphatic heterocycles. The minimum absolute atomic E-state index is 0.0133. The Morgan fingerprint density at radius 2 is 1.10 bits per heavy atom. The van der Waals surface area contributed by atoms with Crippen molar-refractivity contribution in [3.05, 3.63) is 18.2 Å². The molecule has 1 aromatic heterocycles. The number of aromatic amines is 1. The predicted molar refractivity (Wildman–Crippen MR) is 275 cm³/mol. The van der Waals surface area contributed by atoms with E-state index in [1.54, 1.807) is 6.92 Å². The zero-order chi connectivity index (χ0) is 60.1. The number of carboxylic acid groups (broad SMARTS) is 2. The summed E-state index contributed by atoms with van der Waals surface area (Å²) in [5, 5.41) is 70.1. The zero-order valence-corrected chi connectivity index (χ0v) is 44.2. The number of amides is 10. The topological polar surface area (TPSA) is 585 Å². The number of hydrogen-bond acceptors (Lipinski definition) is 19. The Kier molecular flexibility index (Phi) is 30.9. The summed E-state index contributed by atoms with van der Waals surface area (Å²) in [7, 11) is 0. The van der Waals surface area contributed by atoms with Crippen molar-refractivity contribution in [1.29, 1.82) is 0 Å². The molecule has 0 fully saturated rings. The van der Waals surface area contributed by atoms with E-state index in [2.05, 4.69) is 62.8 Å². The molecule has 0 radical (unpaired) electrons. The van der Waals surface area contributed by atoms with Gasteiger partial charge >= 0.3 is 11.9 Å². The summed E-state index contributed by atoms with van der Waals surface area (Å²) in [6.07, 6.45) is -0.136. The molecule has 0 saturated carbocycles. The molecule has 10 amide bonds. The smallest absolute Gasteiger partial charge is 0.326 e. The summed E-state index contributed by atoms with van der Waals surface area (Å²) in [6.45, 7) is 3.34. The van der Waals surface area contributed by atoms with Crippen LogP contribution in [0.15, 0.2) is 17.5 Å². The van der Waals surface area contributed by atoms with Crippen molar-refractivity contribution in [2.75, 3.05) is 26.3 Å². The number of aliphatic hydroxyl groups excluding tert-OH is 3. The highest BCUT2D eigenvalue weighted by Crippen LogP contribution is 2.11. The van der Waals surface area contributed by atoms with E-state index in [0.29, 0.717) is 25.8 Å². The number of hydrogen-bond donors (Lipinski definition) is 20. The number of unbranched alkanes of at least 4 members (excludes halogenated alkanes) is 1. The van der Waals surface area contributed by atoms with Crippen LogP contribution >= 0.6 is 0 Å². The number of nitrogens with two attached hydrogens (primary N) is 5. The maximum atomic E-state index is 14.0. The van der Waals surface area contributed by atoms with Gasteiger partial charge < -0.3 is 107 Å². The highest BCUT2D eigenvalue weighted by molar-refractivity contribution is 5.99. The first-order chi connectivity index (χ1) is 37.1. The lowest BCUT2D eigenvalue weighted by Crippen LogP contribution is -2.62. The standard InChI is InChI=1S/C45H77N17O17/c1-5-20(2)33(44(78)79)61-40(74)28(15-32(67)68)58-38(72)26(13-23-16-51-19-53-23)57-37(71)25(10-8-12-52-45(49)50)55-41(75)29(17-63)59-35(69)21(3)54-43(77)34(22(4)65)62-42(76)30(18-64)60-39(73)27(14-31(48)66)56-36(70)24(47)9-6-7-11-46/h16,19-22,24-30,33-34,63-65H,5-15,17-18,46-47H2,1-4H3,(H2,48,66)(H,51,53)(H,54,77)(H,55,75)(H,56,70)(H,57,71)(H,58,72)(H,59,69)(H,60,73)(H,61,74)(H,62,76)(H,67,68)(H,78,79)(H4,49,50,52)/t20-,21-,22+,24-,25-,26-,27-,28-,29-,30-,33-,34-/m0/s1. The van der Waals surface area contributed by atoms with E-state index in [9.17, 15) is 83.1 Å². The SMILES string of the molecule is CC[C@H](C)[C@H](NC(=O)[C@H](CC(=O)O)NC(=O)[C@H](Cc1cnc[nH]1)NC(=O)[C@H](CCCN=C(N)N)NC(=O)[C@H](CO)NC(=O)[C@H](C)NC(=O)[C@@H](NC(=O)[C@H](CO)NC(=O)[C@H](CC(N)=O)NC(=O)[C@@H](N)CCCCN)[C@@H](C)O)C(=O)O. The van der Waals surface area contributed by atoms with Gasteiger partial charge in [0.25, 0.3) is 0 Å². The van der Waals surface area contributed by atoms with Crippen LogP contribution in [0.3, 0.4) is 0 Å². The molecule has 0 aliphatic carbocycles. The third-order valence-corrected chi connectivity index (χ3v) is 11.8. The molecule has 444 valence electrons. The second-order valence-corrected chi connectivity index (χ2v) is 18.3. The molecular weight excluding hydrogens is 1050 g/mol. The van der Waals surface area contributed by atoms with E-state index >= 15 is 0 Å². The molecule has 12 atom stereocenters. The number of carbonyl (C=O) groups excluding carboxylic acids is 10. The number of nitrogens with one attached hydrogen (secondary N) is 10. The van der Waals surface area contributed by atoms with E-state index in [1.807, 2.05) is 0 Å². The molecular formula is C45H77N17O17. The first-order valence-electron chi connectivity index (χ1n) is 24.9. The fourth-order valence-electron chi connectivity index (χ4n) is 7.05. The molecule has 79 heavy (non-hydrogen) atoms.